The Labute approximate surface area is 131 Å². The second kappa shape index (κ2) is 6.74. The quantitative estimate of drug-likeness (QED) is 0.799. The first-order valence-corrected chi connectivity index (χ1v) is 9.41. The van der Waals surface area contributed by atoms with Crippen molar-refractivity contribution in [2.75, 3.05) is 6.26 Å². The van der Waals surface area contributed by atoms with Crippen molar-refractivity contribution in [1.82, 2.24) is 10.1 Å². The van der Waals surface area contributed by atoms with Crippen LogP contribution in [0.1, 0.15) is 29.5 Å². The van der Waals surface area contributed by atoms with Gasteiger partial charge in [-0.2, -0.15) is 4.98 Å². The molecule has 0 saturated carbocycles. The minimum absolute atomic E-state index is 0.110. The number of benzene rings is 1. The highest BCUT2D eigenvalue weighted by Crippen LogP contribution is 2.31. The van der Waals surface area contributed by atoms with Gasteiger partial charge in [-0.1, -0.05) is 11.2 Å². The van der Waals surface area contributed by atoms with Gasteiger partial charge in [-0.25, -0.2) is 17.2 Å². The van der Waals surface area contributed by atoms with Gasteiger partial charge in [-0.15, -0.1) is 11.8 Å². The molecule has 0 aliphatic carbocycles. The molecule has 1 heterocycles. The molecule has 0 spiro atoms. The first kappa shape index (κ1) is 16.9. The van der Waals surface area contributed by atoms with Crippen LogP contribution < -0.4 is 0 Å². The number of sulfone groups is 1. The van der Waals surface area contributed by atoms with Crippen LogP contribution in [0.2, 0.25) is 0 Å². The maximum Gasteiger partial charge on any atom is 0.236 e. The molecule has 0 amide bonds. The van der Waals surface area contributed by atoms with Crippen LogP contribution in [-0.4, -0.2) is 24.8 Å². The first-order chi connectivity index (χ1) is 10.2. The molecule has 0 aliphatic rings. The lowest BCUT2D eigenvalue weighted by Crippen LogP contribution is -2.02. The van der Waals surface area contributed by atoms with Crippen LogP contribution in [0.3, 0.4) is 0 Å². The van der Waals surface area contributed by atoms with E-state index in [-0.39, 0.29) is 22.7 Å². The van der Waals surface area contributed by atoms with Crippen LogP contribution in [0.5, 0.6) is 0 Å². The molecule has 0 saturated heterocycles. The highest BCUT2D eigenvalue weighted by molar-refractivity contribution is 7.98. The van der Waals surface area contributed by atoms with Crippen LogP contribution in [0.25, 0.3) is 0 Å². The molecule has 5 nitrogen and oxygen atoms in total. The smallest absolute Gasteiger partial charge is 0.236 e. The van der Waals surface area contributed by atoms with Crippen molar-refractivity contribution in [3.8, 4) is 0 Å². The van der Waals surface area contributed by atoms with Gasteiger partial charge in [0.1, 0.15) is 5.75 Å². The molecule has 1 aromatic heterocycles. The van der Waals surface area contributed by atoms with E-state index in [4.69, 9.17) is 4.52 Å². The zero-order chi connectivity index (χ0) is 16.3. The summed E-state index contributed by atoms with van der Waals surface area (Å²) in [5.74, 6) is -1.31. The monoisotopic (exact) mass is 348 g/mol. The molecule has 0 fully saturated rings. The molecule has 1 aromatic carbocycles. The maximum absolute atomic E-state index is 13.2. The zero-order valence-electron chi connectivity index (χ0n) is 11.9. The lowest BCUT2D eigenvalue weighted by atomic mass is 10.1. The van der Waals surface area contributed by atoms with Crippen molar-refractivity contribution in [3.05, 3.63) is 47.1 Å². The van der Waals surface area contributed by atoms with Gasteiger partial charge >= 0.3 is 0 Å². The second-order valence-electron chi connectivity index (χ2n) is 4.80. The number of hydrogen-bond acceptors (Lipinski definition) is 6. The predicted octanol–water partition coefficient (Wildman–Crippen LogP) is 2.89. The van der Waals surface area contributed by atoms with Gasteiger partial charge in [0.15, 0.2) is 27.3 Å². The summed E-state index contributed by atoms with van der Waals surface area (Å²) in [5.41, 5.74) is 0.639. The number of halogens is 2. The van der Waals surface area contributed by atoms with Crippen molar-refractivity contribution in [2.45, 2.75) is 23.7 Å². The molecule has 9 heteroatoms. The Kier molecular flexibility index (Phi) is 5.17. The van der Waals surface area contributed by atoms with E-state index in [1.165, 1.54) is 17.8 Å². The highest BCUT2D eigenvalue weighted by Gasteiger charge is 2.15. The van der Waals surface area contributed by atoms with Gasteiger partial charge < -0.3 is 4.52 Å². The van der Waals surface area contributed by atoms with Gasteiger partial charge in [-0.05, 0) is 24.6 Å². The van der Waals surface area contributed by atoms with Crippen LogP contribution in [0.15, 0.2) is 22.7 Å². The summed E-state index contributed by atoms with van der Waals surface area (Å²) in [4.78, 5) is 3.98. The van der Waals surface area contributed by atoms with E-state index in [9.17, 15) is 17.2 Å². The zero-order valence-corrected chi connectivity index (χ0v) is 13.5. The number of thioether (sulfide) groups is 1. The summed E-state index contributed by atoms with van der Waals surface area (Å²) < 4.78 is 53.3. The Hall–Kier alpha value is -1.48. The van der Waals surface area contributed by atoms with Crippen LogP contribution in [0, 0.1) is 11.6 Å². The Balaban J connectivity index is 1.96. The number of rotatable bonds is 6. The fourth-order valence-electron chi connectivity index (χ4n) is 1.70. The highest BCUT2D eigenvalue weighted by atomic mass is 32.2. The van der Waals surface area contributed by atoms with E-state index in [2.05, 4.69) is 10.1 Å². The summed E-state index contributed by atoms with van der Waals surface area (Å²) in [6.07, 6.45) is 1.09. The number of nitrogens with zero attached hydrogens (tertiary/aromatic N) is 2. The Morgan fingerprint density at radius 1 is 1.32 bits per heavy atom. The van der Waals surface area contributed by atoms with E-state index in [0.29, 0.717) is 11.3 Å². The standard InChI is InChI=1S/C13H14F2N2O3S2/c1-8(9-3-4-10(14)11(15)5-9)21-6-13-16-12(17-20-13)7-22(2,18)19/h3-5,8H,6-7H2,1-2H3/t8-/m1/s1. The largest absolute Gasteiger partial charge is 0.338 e. The molecule has 22 heavy (non-hydrogen) atoms. The van der Waals surface area contributed by atoms with Crippen molar-refractivity contribution >= 4 is 21.6 Å². The second-order valence-corrected chi connectivity index (χ2v) is 8.27. The lowest BCUT2D eigenvalue weighted by molar-refractivity contribution is 0.386. The van der Waals surface area contributed by atoms with E-state index < -0.39 is 21.5 Å². The fourth-order valence-corrected chi connectivity index (χ4v) is 3.13. The Morgan fingerprint density at radius 3 is 2.68 bits per heavy atom. The molecule has 120 valence electrons. The van der Waals surface area contributed by atoms with Crippen LogP contribution >= 0.6 is 11.8 Å². The van der Waals surface area contributed by atoms with Crippen LogP contribution in [0.4, 0.5) is 8.78 Å². The lowest BCUT2D eigenvalue weighted by Gasteiger charge is -2.10. The number of hydrogen-bond donors (Lipinski definition) is 0. The Morgan fingerprint density at radius 2 is 2.05 bits per heavy atom. The summed E-state index contributed by atoms with van der Waals surface area (Å²) in [6.45, 7) is 1.84. The molecule has 0 radical (unpaired) electrons. The van der Waals surface area contributed by atoms with E-state index in [0.717, 1.165) is 18.4 Å². The van der Waals surface area contributed by atoms with Gasteiger partial charge in [0.25, 0.3) is 0 Å². The van der Waals surface area contributed by atoms with Crippen molar-refractivity contribution in [2.24, 2.45) is 0 Å². The molecule has 0 aliphatic heterocycles. The fraction of sp³-hybridized carbons (Fsp3) is 0.385. The van der Waals surface area contributed by atoms with Gasteiger partial charge in [0.05, 0.1) is 5.75 Å². The minimum Gasteiger partial charge on any atom is -0.338 e. The summed E-state index contributed by atoms with van der Waals surface area (Å²) in [7, 11) is -3.22. The topological polar surface area (TPSA) is 73.1 Å². The first-order valence-electron chi connectivity index (χ1n) is 6.30. The van der Waals surface area contributed by atoms with E-state index in [1.807, 2.05) is 6.92 Å². The van der Waals surface area contributed by atoms with E-state index in [1.54, 1.807) is 0 Å². The average Bonchev–Trinajstić information content (AvgIpc) is 2.84. The summed E-state index contributed by atoms with van der Waals surface area (Å²) in [5, 5.41) is 3.48. The van der Waals surface area contributed by atoms with Crippen molar-refractivity contribution < 1.29 is 21.7 Å². The molecule has 0 unspecified atom stereocenters. The normalized spacial score (nSPS) is 13.3. The predicted molar refractivity (Wildman–Crippen MR) is 78.9 cm³/mol. The van der Waals surface area contributed by atoms with Crippen molar-refractivity contribution in [1.29, 1.82) is 0 Å². The molecule has 2 aromatic rings. The average molecular weight is 348 g/mol. The molecule has 0 bridgehead atoms. The minimum atomic E-state index is -3.22. The molecular formula is C13H14F2N2O3S2. The summed E-state index contributed by atoms with van der Waals surface area (Å²) >= 11 is 1.39. The molecule has 1 atom stereocenters. The van der Waals surface area contributed by atoms with E-state index >= 15 is 0 Å². The Bertz CT molecular complexity index is 762. The molecule has 2 rings (SSSR count). The van der Waals surface area contributed by atoms with Crippen molar-refractivity contribution in [3.63, 3.8) is 0 Å². The van der Waals surface area contributed by atoms with Gasteiger partial charge in [-0.3, -0.25) is 0 Å². The molecular weight excluding hydrogens is 334 g/mol. The summed E-state index contributed by atoms with van der Waals surface area (Å²) in [6, 6.07) is 3.74. The molecule has 0 N–H and O–H groups in total. The third kappa shape index (κ3) is 4.77. The number of aromatic nitrogens is 2. The third-order valence-corrected chi connectivity index (χ3v) is 4.74. The van der Waals surface area contributed by atoms with Gasteiger partial charge in [0, 0.05) is 11.5 Å². The third-order valence-electron chi connectivity index (χ3n) is 2.77. The van der Waals surface area contributed by atoms with Gasteiger partial charge in [0.2, 0.25) is 5.89 Å². The van der Waals surface area contributed by atoms with Crippen LogP contribution in [-0.2, 0) is 21.3 Å². The SMILES string of the molecule is C[C@@H](SCc1nc(CS(C)(=O)=O)no1)c1ccc(F)c(F)c1. The maximum atomic E-state index is 13.2.